The van der Waals surface area contributed by atoms with Crippen molar-refractivity contribution >= 4 is 5.97 Å². The molecule has 0 bridgehead atoms. The molecule has 3 fully saturated rings. The fourth-order valence-corrected chi connectivity index (χ4v) is 6.97. The second-order valence-electron chi connectivity index (χ2n) is 10.9. The first-order valence-corrected chi connectivity index (χ1v) is 13.0. The van der Waals surface area contributed by atoms with Gasteiger partial charge in [-0.15, -0.1) is 6.58 Å². The van der Waals surface area contributed by atoms with Crippen LogP contribution >= 0.6 is 0 Å². The van der Waals surface area contributed by atoms with Crippen molar-refractivity contribution in [2.75, 3.05) is 0 Å². The highest BCUT2D eigenvalue weighted by Crippen LogP contribution is 2.49. The summed E-state index contributed by atoms with van der Waals surface area (Å²) in [6.07, 6.45) is 10.2. The number of alkyl halides is 3. The Balaban J connectivity index is 1.26. The summed E-state index contributed by atoms with van der Waals surface area (Å²) in [5.74, 6) is -1.31. The van der Waals surface area contributed by atoms with Gasteiger partial charge < -0.3 is 4.74 Å². The average Bonchev–Trinajstić information content (AvgIpc) is 2.81. The lowest BCUT2D eigenvalue weighted by Gasteiger charge is -2.45. The summed E-state index contributed by atoms with van der Waals surface area (Å²) in [4.78, 5) is 12.6. The number of hydrogen-bond acceptors (Lipinski definition) is 2. The standard InChI is InChI=1S/C28H35F5O2/c1-2-3-4-17-5-6-22-14-21(12-11-20(22)13-17)18-7-9-19(10-8-18)27(34)35-23-15-24(29)26(25(30)16-23)28(31,32)33/h2,15-22H,1,3-14H2. The van der Waals surface area contributed by atoms with Crippen LogP contribution in [-0.2, 0) is 11.0 Å². The number of ether oxygens (including phenoxy) is 1. The van der Waals surface area contributed by atoms with E-state index in [1.165, 1.54) is 44.9 Å². The van der Waals surface area contributed by atoms with Crippen LogP contribution in [0.25, 0.3) is 0 Å². The van der Waals surface area contributed by atoms with Crippen LogP contribution in [0.3, 0.4) is 0 Å². The Morgan fingerprint density at radius 2 is 1.43 bits per heavy atom. The third kappa shape index (κ3) is 6.26. The minimum Gasteiger partial charge on any atom is -0.426 e. The summed E-state index contributed by atoms with van der Waals surface area (Å²) < 4.78 is 70.9. The number of fused-ring (bicyclic) bond motifs is 1. The van der Waals surface area contributed by atoms with Crippen molar-refractivity contribution in [1.82, 2.24) is 0 Å². The van der Waals surface area contributed by atoms with Crippen LogP contribution in [0.5, 0.6) is 5.75 Å². The van der Waals surface area contributed by atoms with Gasteiger partial charge in [-0.1, -0.05) is 12.5 Å². The van der Waals surface area contributed by atoms with Gasteiger partial charge in [0.25, 0.3) is 0 Å². The van der Waals surface area contributed by atoms with Crippen LogP contribution in [0.4, 0.5) is 22.0 Å². The van der Waals surface area contributed by atoms with E-state index in [0.717, 1.165) is 37.0 Å². The molecule has 1 aromatic rings. The highest BCUT2D eigenvalue weighted by Gasteiger charge is 2.40. The predicted octanol–water partition coefficient (Wildman–Crippen LogP) is 8.49. The number of rotatable bonds is 6. The first kappa shape index (κ1) is 26.2. The third-order valence-electron chi connectivity index (χ3n) is 8.83. The Hall–Kier alpha value is -1.92. The number of carbonyl (C=O) groups is 1. The zero-order chi connectivity index (χ0) is 25.2. The molecule has 0 N–H and O–H groups in total. The van der Waals surface area contributed by atoms with Crippen molar-refractivity contribution in [2.45, 2.75) is 83.2 Å². The maximum atomic E-state index is 13.8. The Labute approximate surface area is 204 Å². The number of carbonyl (C=O) groups excluding carboxylic acids is 1. The monoisotopic (exact) mass is 498 g/mol. The second-order valence-corrected chi connectivity index (χ2v) is 10.9. The summed E-state index contributed by atoms with van der Waals surface area (Å²) in [5, 5.41) is 0. The smallest absolute Gasteiger partial charge is 0.422 e. The average molecular weight is 499 g/mol. The Bertz CT molecular complexity index is 880. The molecule has 1 aromatic carbocycles. The number of halogens is 5. The number of allylic oxidation sites excluding steroid dienone is 1. The topological polar surface area (TPSA) is 26.3 Å². The van der Waals surface area contributed by atoms with Crippen molar-refractivity contribution in [3.63, 3.8) is 0 Å². The molecular formula is C28H35F5O2. The quantitative estimate of drug-likeness (QED) is 0.170. The molecule has 0 heterocycles. The minimum atomic E-state index is -5.15. The molecule has 0 aliphatic heterocycles. The zero-order valence-corrected chi connectivity index (χ0v) is 20.1. The minimum absolute atomic E-state index is 0.392. The van der Waals surface area contributed by atoms with E-state index in [2.05, 4.69) is 6.58 Å². The predicted molar refractivity (Wildman–Crippen MR) is 124 cm³/mol. The molecule has 0 aromatic heterocycles. The van der Waals surface area contributed by atoms with Gasteiger partial charge in [0, 0.05) is 12.1 Å². The number of esters is 1. The van der Waals surface area contributed by atoms with Gasteiger partial charge >= 0.3 is 12.1 Å². The first-order valence-electron chi connectivity index (χ1n) is 13.0. The Kier molecular flexibility index (Phi) is 8.22. The molecule has 7 heteroatoms. The van der Waals surface area contributed by atoms with E-state index in [1.54, 1.807) is 0 Å². The molecule has 3 aliphatic carbocycles. The fourth-order valence-electron chi connectivity index (χ4n) is 6.97. The lowest BCUT2D eigenvalue weighted by Crippen LogP contribution is -2.35. The van der Waals surface area contributed by atoms with Crippen LogP contribution in [0.15, 0.2) is 24.8 Å². The number of hydrogen-bond donors (Lipinski definition) is 0. The molecule has 4 atom stereocenters. The molecule has 3 saturated carbocycles. The van der Waals surface area contributed by atoms with Gasteiger partial charge in [0.1, 0.15) is 22.9 Å². The summed E-state index contributed by atoms with van der Waals surface area (Å²) in [6, 6.07) is 0.861. The van der Waals surface area contributed by atoms with Crippen molar-refractivity contribution in [2.24, 2.45) is 35.5 Å². The van der Waals surface area contributed by atoms with Gasteiger partial charge in [-0.05, 0) is 100 Å². The molecule has 0 saturated heterocycles. The Morgan fingerprint density at radius 1 is 0.886 bits per heavy atom. The normalized spacial score (nSPS) is 31.5. The molecule has 0 radical (unpaired) electrons. The van der Waals surface area contributed by atoms with E-state index in [1.807, 2.05) is 6.08 Å². The first-order chi connectivity index (χ1) is 16.7. The van der Waals surface area contributed by atoms with E-state index in [4.69, 9.17) is 4.74 Å². The van der Waals surface area contributed by atoms with E-state index >= 15 is 0 Å². The highest BCUT2D eigenvalue weighted by atomic mass is 19.4. The van der Waals surface area contributed by atoms with Gasteiger partial charge in [-0.25, -0.2) is 8.78 Å². The van der Waals surface area contributed by atoms with Crippen LogP contribution in [0.1, 0.15) is 82.6 Å². The lowest BCUT2D eigenvalue weighted by atomic mass is 9.60. The number of benzene rings is 1. The van der Waals surface area contributed by atoms with Crippen molar-refractivity contribution in [3.8, 4) is 5.75 Å². The largest absolute Gasteiger partial charge is 0.426 e. The fraction of sp³-hybridized carbons (Fsp3) is 0.679. The molecule has 4 unspecified atom stereocenters. The van der Waals surface area contributed by atoms with Crippen LogP contribution in [0.2, 0.25) is 0 Å². The van der Waals surface area contributed by atoms with Gasteiger partial charge in [0.2, 0.25) is 0 Å². The molecule has 2 nitrogen and oxygen atoms in total. The van der Waals surface area contributed by atoms with E-state index in [0.29, 0.717) is 36.8 Å². The van der Waals surface area contributed by atoms with Crippen LogP contribution < -0.4 is 4.74 Å². The summed E-state index contributed by atoms with van der Waals surface area (Å²) >= 11 is 0. The Morgan fingerprint density at radius 3 is 2.03 bits per heavy atom. The molecule has 0 spiro atoms. The summed E-state index contributed by atoms with van der Waals surface area (Å²) in [6.45, 7) is 3.85. The van der Waals surface area contributed by atoms with E-state index in [9.17, 15) is 26.7 Å². The molecule has 4 rings (SSSR count). The summed E-state index contributed by atoms with van der Waals surface area (Å²) in [7, 11) is 0. The third-order valence-corrected chi connectivity index (χ3v) is 8.83. The van der Waals surface area contributed by atoms with Crippen molar-refractivity contribution < 1.29 is 31.5 Å². The van der Waals surface area contributed by atoms with E-state index < -0.39 is 41.0 Å². The van der Waals surface area contributed by atoms with Crippen molar-refractivity contribution in [3.05, 3.63) is 42.0 Å². The highest BCUT2D eigenvalue weighted by molar-refractivity contribution is 5.75. The maximum Gasteiger partial charge on any atom is 0.422 e. The molecule has 3 aliphatic rings. The zero-order valence-electron chi connectivity index (χ0n) is 20.1. The van der Waals surface area contributed by atoms with Gasteiger partial charge in [0.05, 0.1) is 5.92 Å². The maximum absolute atomic E-state index is 13.8. The van der Waals surface area contributed by atoms with Crippen molar-refractivity contribution in [1.29, 1.82) is 0 Å². The second kappa shape index (κ2) is 11.0. The SMILES string of the molecule is C=CCCC1CCC2CC(C3CCC(C(=O)Oc4cc(F)c(C(F)(F)F)c(F)c4)CC3)CCC2C1. The molecular weight excluding hydrogens is 463 g/mol. The van der Waals surface area contributed by atoms with Crippen LogP contribution in [0, 0.1) is 47.1 Å². The molecule has 35 heavy (non-hydrogen) atoms. The summed E-state index contributed by atoms with van der Waals surface area (Å²) in [5.41, 5.74) is -1.97. The lowest BCUT2D eigenvalue weighted by molar-refractivity contribution is -0.142. The van der Waals surface area contributed by atoms with Crippen LogP contribution in [-0.4, -0.2) is 5.97 Å². The van der Waals surface area contributed by atoms with Gasteiger partial charge in [0.15, 0.2) is 0 Å². The molecule has 194 valence electrons. The van der Waals surface area contributed by atoms with Gasteiger partial charge in [-0.3, -0.25) is 4.79 Å². The van der Waals surface area contributed by atoms with Gasteiger partial charge in [-0.2, -0.15) is 13.2 Å². The molecule has 0 amide bonds. The van der Waals surface area contributed by atoms with E-state index in [-0.39, 0.29) is 0 Å².